The lowest BCUT2D eigenvalue weighted by atomic mass is 10.1. The molecule has 0 spiro atoms. The van der Waals surface area contributed by atoms with Crippen molar-refractivity contribution in [2.24, 2.45) is 0 Å². The minimum atomic E-state index is -0.971. The van der Waals surface area contributed by atoms with Crippen molar-refractivity contribution in [1.29, 1.82) is 0 Å². The van der Waals surface area contributed by atoms with E-state index < -0.39 is 29.9 Å². The van der Waals surface area contributed by atoms with Gasteiger partial charge in [0, 0.05) is 10.6 Å². The van der Waals surface area contributed by atoms with Crippen LogP contribution < -0.4 is 15.0 Å². The number of urea groups is 1. The smallest absolute Gasteiger partial charge is 0.337 e. The molecular formula is C25H23N3O6S. The molecule has 0 bridgehead atoms. The third-order valence-corrected chi connectivity index (χ3v) is 6.39. The summed E-state index contributed by atoms with van der Waals surface area (Å²) in [5.41, 5.74) is 1.20. The molecule has 1 aliphatic rings. The molecular weight excluding hydrogens is 470 g/mol. The van der Waals surface area contributed by atoms with Crippen molar-refractivity contribution >= 4 is 46.5 Å². The fraction of sp³-hybridized carbons (Fsp3) is 0.200. The van der Waals surface area contributed by atoms with E-state index in [-0.39, 0.29) is 13.0 Å². The first-order valence-electron chi connectivity index (χ1n) is 10.7. The predicted octanol–water partition coefficient (Wildman–Crippen LogP) is 3.91. The van der Waals surface area contributed by atoms with Crippen molar-refractivity contribution in [3.63, 3.8) is 0 Å². The Labute approximate surface area is 205 Å². The third kappa shape index (κ3) is 5.17. The van der Waals surface area contributed by atoms with Crippen molar-refractivity contribution in [2.75, 3.05) is 24.4 Å². The van der Waals surface area contributed by atoms with Crippen LogP contribution in [-0.2, 0) is 20.9 Å². The summed E-state index contributed by atoms with van der Waals surface area (Å²) in [6.07, 6.45) is -0.221. The second-order valence-electron chi connectivity index (χ2n) is 7.70. The molecule has 2 aromatic carbocycles. The van der Waals surface area contributed by atoms with Gasteiger partial charge in [-0.3, -0.25) is 9.59 Å². The van der Waals surface area contributed by atoms with E-state index in [2.05, 4.69) is 10.1 Å². The molecule has 4 rings (SSSR count). The zero-order chi connectivity index (χ0) is 24.9. The summed E-state index contributed by atoms with van der Waals surface area (Å²) >= 11 is 1.47. The van der Waals surface area contributed by atoms with E-state index in [0.717, 1.165) is 9.78 Å². The first-order valence-corrected chi connectivity index (χ1v) is 11.6. The molecule has 0 unspecified atom stereocenters. The average Bonchev–Trinajstić information content (AvgIpc) is 3.46. The molecule has 180 valence electrons. The maximum Gasteiger partial charge on any atom is 0.337 e. The number of imide groups is 1. The monoisotopic (exact) mass is 493 g/mol. The summed E-state index contributed by atoms with van der Waals surface area (Å²) in [6, 6.07) is 15.1. The van der Waals surface area contributed by atoms with Crippen molar-refractivity contribution in [3.05, 3.63) is 76.5 Å². The van der Waals surface area contributed by atoms with Crippen molar-refractivity contribution in [3.8, 4) is 5.75 Å². The van der Waals surface area contributed by atoms with E-state index in [0.29, 0.717) is 22.7 Å². The number of nitrogens with zero attached hydrogens (tertiary/aromatic N) is 2. The van der Waals surface area contributed by atoms with Gasteiger partial charge in [0.25, 0.3) is 5.91 Å². The molecule has 1 aromatic heterocycles. The number of rotatable bonds is 8. The molecule has 9 nitrogen and oxygen atoms in total. The highest BCUT2D eigenvalue weighted by molar-refractivity contribution is 7.09. The second-order valence-corrected chi connectivity index (χ2v) is 8.73. The van der Waals surface area contributed by atoms with Gasteiger partial charge in [-0.1, -0.05) is 6.07 Å². The van der Waals surface area contributed by atoms with E-state index in [1.807, 2.05) is 17.5 Å². The van der Waals surface area contributed by atoms with Crippen LogP contribution >= 0.6 is 11.3 Å². The maximum absolute atomic E-state index is 13.4. The number of carbonyl (C=O) groups is 4. The fourth-order valence-corrected chi connectivity index (χ4v) is 4.45. The molecule has 1 atom stereocenters. The van der Waals surface area contributed by atoms with E-state index in [1.54, 1.807) is 36.4 Å². The molecule has 1 N–H and O–H groups in total. The number of hydrogen-bond donors (Lipinski definition) is 1. The van der Waals surface area contributed by atoms with Gasteiger partial charge in [-0.25, -0.2) is 14.5 Å². The Bertz CT molecular complexity index is 1230. The minimum Gasteiger partial charge on any atom is -0.497 e. The predicted molar refractivity (Wildman–Crippen MR) is 131 cm³/mol. The lowest BCUT2D eigenvalue weighted by Gasteiger charge is -2.21. The maximum atomic E-state index is 13.4. The van der Waals surface area contributed by atoms with Crippen molar-refractivity contribution < 1.29 is 28.7 Å². The highest BCUT2D eigenvalue weighted by Gasteiger charge is 2.46. The normalized spacial score (nSPS) is 15.3. The molecule has 1 aliphatic heterocycles. The van der Waals surface area contributed by atoms with Gasteiger partial charge >= 0.3 is 12.0 Å². The van der Waals surface area contributed by atoms with E-state index >= 15 is 0 Å². The number of anilines is 2. The lowest BCUT2D eigenvalue weighted by Crippen LogP contribution is -2.37. The Balaban J connectivity index is 1.54. The summed E-state index contributed by atoms with van der Waals surface area (Å²) in [4.78, 5) is 54.5. The molecule has 0 radical (unpaired) electrons. The van der Waals surface area contributed by atoms with Gasteiger partial charge in [0.05, 0.1) is 38.4 Å². The number of nitrogens with one attached hydrogen (secondary N) is 1. The molecule has 4 amide bonds. The van der Waals surface area contributed by atoms with Crippen molar-refractivity contribution in [2.45, 2.75) is 19.0 Å². The van der Waals surface area contributed by atoms with Crippen LogP contribution in [0.1, 0.15) is 21.7 Å². The Morgan fingerprint density at radius 1 is 1.00 bits per heavy atom. The molecule has 10 heteroatoms. The van der Waals surface area contributed by atoms with Crippen LogP contribution in [0, 0.1) is 0 Å². The van der Waals surface area contributed by atoms with Crippen LogP contribution in [0.3, 0.4) is 0 Å². The van der Waals surface area contributed by atoms with Crippen LogP contribution in [0.5, 0.6) is 5.75 Å². The zero-order valence-corrected chi connectivity index (χ0v) is 19.9. The first-order chi connectivity index (χ1) is 16.9. The number of amides is 4. The van der Waals surface area contributed by atoms with Gasteiger partial charge in [-0.05, 0) is 60.0 Å². The molecule has 0 saturated carbocycles. The molecule has 3 aromatic rings. The van der Waals surface area contributed by atoms with Gasteiger partial charge in [0.2, 0.25) is 5.91 Å². The highest BCUT2D eigenvalue weighted by Crippen LogP contribution is 2.30. The van der Waals surface area contributed by atoms with E-state index in [1.165, 1.54) is 42.6 Å². The minimum absolute atomic E-state index is 0.209. The van der Waals surface area contributed by atoms with Crippen LogP contribution in [0.2, 0.25) is 0 Å². The van der Waals surface area contributed by atoms with Crippen LogP contribution in [0.25, 0.3) is 0 Å². The topological polar surface area (TPSA) is 105 Å². The number of thiophene rings is 1. The molecule has 0 aliphatic carbocycles. The number of methoxy groups -OCH3 is 2. The SMILES string of the molecule is COC(=O)c1ccc(NC(=O)C[C@@H]2C(=O)N(c3ccc(OC)cc3)C(=O)N2Cc2cccs2)cc1. The van der Waals surface area contributed by atoms with Gasteiger partial charge in [-0.15, -0.1) is 11.3 Å². The number of benzene rings is 2. The van der Waals surface area contributed by atoms with E-state index in [9.17, 15) is 19.2 Å². The van der Waals surface area contributed by atoms with Crippen LogP contribution in [0.4, 0.5) is 16.2 Å². The fourth-order valence-electron chi connectivity index (χ4n) is 3.75. The second kappa shape index (κ2) is 10.4. The summed E-state index contributed by atoms with van der Waals surface area (Å²) < 4.78 is 9.83. The summed E-state index contributed by atoms with van der Waals surface area (Å²) in [6.45, 7) is 0.209. The van der Waals surface area contributed by atoms with Crippen LogP contribution in [-0.4, -0.2) is 49.0 Å². The quantitative estimate of drug-likeness (QED) is 0.377. The molecule has 1 fully saturated rings. The van der Waals surface area contributed by atoms with E-state index in [4.69, 9.17) is 4.74 Å². The van der Waals surface area contributed by atoms with Gasteiger partial charge < -0.3 is 19.7 Å². The first kappa shape index (κ1) is 24.0. The molecule has 2 heterocycles. The molecule has 1 saturated heterocycles. The van der Waals surface area contributed by atoms with Crippen molar-refractivity contribution in [1.82, 2.24) is 4.90 Å². The Kier molecular flexibility index (Phi) is 7.11. The van der Waals surface area contributed by atoms with Gasteiger partial charge in [0.15, 0.2) is 0 Å². The highest BCUT2D eigenvalue weighted by atomic mass is 32.1. The summed E-state index contributed by atoms with van der Waals surface area (Å²) in [5.74, 6) is -0.805. The summed E-state index contributed by atoms with van der Waals surface area (Å²) in [5, 5.41) is 4.61. The standard InChI is InChI=1S/C25H23N3O6S/c1-33-19-11-9-18(10-12-19)28-23(30)21(27(25(28)32)15-20-4-3-13-35-20)14-22(29)26-17-7-5-16(6-8-17)24(31)34-2/h3-13,21H,14-15H2,1-2H3,(H,26,29)/t21-/m1/s1. The van der Waals surface area contributed by atoms with Gasteiger partial charge in [-0.2, -0.15) is 0 Å². The third-order valence-electron chi connectivity index (χ3n) is 5.52. The van der Waals surface area contributed by atoms with Crippen LogP contribution in [0.15, 0.2) is 66.0 Å². The Morgan fingerprint density at radius 3 is 2.31 bits per heavy atom. The zero-order valence-electron chi connectivity index (χ0n) is 19.1. The Morgan fingerprint density at radius 2 is 1.71 bits per heavy atom. The van der Waals surface area contributed by atoms with Gasteiger partial charge in [0.1, 0.15) is 11.8 Å². The lowest BCUT2D eigenvalue weighted by molar-refractivity contribution is -0.124. The largest absolute Gasteiger partial charge is 0.497 e. The number of carbonyl (C=O) groups excluding carboxylic acids is 4. The Hall–Kier alpha value is -4.18. The number of hydrogen-bond acceptors (Lipinski definition) is 7. The average molecular weight is 494 g/mol. The number of ether oxygens (including phenoxy) is 2. The number of esters is 1. The summed E-state index contributed by atoms with van der Waals surface area (Å²) in [7, 11) is 2.82. The molecule has 35 heavy (non-hydrogen) atoms.